The summed E-state index contributed by atoms with van der Waals surface area (Å²) in [5, 5.41) is 4.04. The molecule has 1 aromatic carbocycles. The highest BCUT2D eigenvalue weighted by atomic mass is 35.5. The number of hydrogen-bond acceptors (Lipinski definition) is 3. The second-order valence-electron chi connectivity index (χ2n) is 6.15. The first-order valence-corrected chi connectivity index (χ1v) is 10.2. The summed E-state index contributed by atoms with van der Waals surface area (Å²) in [6.45, 7) is 0. The lowest BCUT2D eigenvalue weighted by atomic mass is 10.0. The molecule has 0 spiro atoms. The number of thioether (sulfide) groups is 1. The van der Waals surface area contributed by atoms with Crippen molar-refractivity contribution in [1.29, 1.82) is 0 Å². The second-order valence-corrected chi connectivity index (χ2v) is 8.38. The van der Waals surface area contributed by atoms with Gasteiger partial charge in [0.2, 0.25) is 5.91 Å². The van der Waals surface area contributed by atoms with Crippen LogP contribution < -0.4 is 5.32 Å². The Bertz CT molecular complexity index is 721. The summed E-state index contributed by atoms with van der Waals surface area (Å²) in [5.74, 6) is 0.481. The summed E-state index contributed by atoms with van der Waals surface area (Å²) in [6, 6.07) is 10.9. The predicted molar refractivity (Wildman–Crippen MR) is 107 cm³/mol. The molecule has 1 aromatic heterocycles. The van der Waals surface area contributed by atoms with Crippen LogP contribution in [0.5, 0.6) is 0 Å². The van der Waals surface area contributed by atoms with Gasteiger partial charge >= 0.3 is 0 Å². The first-order chi connectivity index (χ1) is 12.1. The third-order valence-corrected chi connectivity index (χ3v) is 6.64. The number of carbonyl (C=O) groups is 1. The van der Waals surface area contributed by atoms with Crippen LogP contribution in [-0.4, -0.2) is 16.1 Å². The molecule has 3 nitrogen and oxygen atoms in total. The fraction of sp³-hybridized carbons (Fsp3) is 0.368. The standard InChI is InChI=1S/C19H20Cl2N2OS/c20-15-10-9-13(12-16(15)21)18(25-14-6-2-1-3-7-14)19(24)23-17-8-4-5-11-22-17/h4-5,8-12,14,18H,1-3,6-7H2,(H,22,23,24). The number of amides is 1. The molecule has 1 amide bonds. The van der Waals surface area contributed by atoms with E-state index in [0.29, 0.717) is 21.1 Å². The van der Waals surface area contributed by atoms with E-state index in [4.69, 9.17) is 23.2 Å². The van der Waals surface area contributed by atoms with Crippen molar-refractivity contribution >= 4 is 46.7 Å². The van der Waals surface area contributed by atoms with Crippen molar-refractivity contribution in [2.24, 2.45) is 0 Å². The molecule has 1 aliphatic carbocycles. The maximum Gasteiger partial charge on any atom is 0.243 e. The summed E-state index contributed by atoms with van der Waals surface area (Å²) in [6.07, 6.45) is 7.71. The highest BCUT2D eigenvalue weighted by molar-refractivity contribution is 8.00. The summed E-state index contributed by atoms with van der Waals surface area (Å²) in [4.78, 5) is 17.1. The number of aromatic nitrogens is 1. The predicted octanol–water partition coefficient (Wildman–Crippen LogP) is 6.13. The molecule has 0 aliphatic heterocycles. The zero-order chi connectivity index (χ0) is 17.6. The first-order valence-electron chi connectivity index (χ1n) is 8.46. The molecule has 1 N–H and O–H groups in total. The van der Waals surface area contributed by atoms with Gasteiger partial charge in [-0.25, -0.2) is 4.98 Å². The van der Waals surface area contributed by atoms with Gasteiger partial charge in [-0.1, -0.05) is 54.6 Å². The Morgan fingerprint density at radius 1 is 1.12 bits per heavy atom. The molecular formula is C19H20Cl2N2OS. The molecule has 1 heterocycles. The third kappa shape index (κ3) is 5.13. The zero-order valence-corrected chi connectivity index (χ0v) is 16.1. The minimum absolute atomic E-state index is 0.0762. The molecule has 1 saturated carbocycles. The van der Waals surface area contributed by atoms with Crippen molar-refractivity contribution in [3.05, 3.63) is 58.2 Å². The van der Waals surface area contributed by atoms with Gasteiger partial charge in [-0.15, -0.1) is 11.8 Å². The smallest absolute Gasteiger partial charge is 0.243 e. The number of pyridine rings is 1. The summed E-state index contributed by atoms with van der Waals surface area (Å²) >= 11 is 13.9. The number of halogens is 2. The lowest BCUT2D eigenvalue weighted by Crippen LogP contribution is -2.22. The van der Waals surface area contributed by atoms with E-state index in [1.165, 1.54) is 19.3 Å². The van der Waals surface area contributed by atoms with Gasteiger partial charge in [0.15, 0.2) is 0 Å². The largest absolute Gasteiger partial charge is 0.309 e. The number of nitrogens with one attached hydrogen (secondary N) is 1. The number of benzene rings is 1. The first kappa shape index (κ1) is 18.6. The molecule has 0 saturated heterocycles. The number of nitrogens with zero attached hydrogens (tertiary/aromatic N) is 1. The second kappa shape index (κ2) is 8.93. The molecule has 2 aromatic rings. The SMILES string of the molecule is O=C(Nc1ccccn1)C(SC1CCCCC1)c1ccc(Cl)c(Cl)c1. The van der Waals surface area contributed by atoms with Crippen molar-refractivity contribution in [3.63, 3.8) is 0 Å². The van der Waals surface area contributed by atoms with Gasteiger partial charge in [0, 0.05) is 11.4 Å². The van der Waals surface area contributed by atoms with Crippen molar-refractivity contribution in [2.45, 2.75) is 42.6 Å². The Morgan fingerprint density at radius 2 is 1.92 bits per heavy atom. The van der Waals surface area contributed by atoms with E-state index in [1.54, 1.807) is 36.2 Å². The van der Waals surface area contributed by atoms with Gasteiger partial charge in [-0.3, -0.25) is 4.79 Å². The molecule has 1 unspecified atom stereocenters. The molecule has 1 atom stereocenters. The fourth-order valence-electron chi connectivity index (χ4n) is 2.99. The number of anilines is 1. The quantitative estimate of drug-likeness (QED) is 0.662. The van der Waals surface area contributed by atoms with Crippen molar-refractivity contribution < 1.29 is 4.79 Å². The minimum atomic E-state index is -0.333. The molecule has 132 valence electrons. The van der Waals surface area contributed by atoms with Crippen LogP contribution in [-0.2, 0) is 4.79 Å². The van der Waals surface area contributed by atoms with Crippen LogP contribution in [0.15, 0.2) is 42.6 Å². The highest BCUT2D eigenvalue weighted by Gasteiger charge is 2.27. The van der Waals surface area contributed by atoms with Gasteiger partial charge in [0.05, 0.1) is 10.0 Å². The molecule has 0 bridgehead atoms. The normalized spacial score (nSPS) is 16.4. The van der Waals surface area contributed by atoms with E-state index in [1.807, 2.05) is 18.2 Å². The van der Waals surface area contributed by atoms with Crippen LogP contribution in [0.4, 0.5) is 5.82 Å². The lowest BCUT2D eigenvalue weighted by Gasteiger charge is -2.26. The van der Waals surface area contributed by atoms with Gasteiger partial charge in [-0.05, 0) is 42.7 Å². The molecule has 3 rings (SSSR count). The monoisotopic (exact) mass is 394 g/mol. The summed E-state index contributed by atoms with van der Waals surface area (Å²) < 4.78 is 0. The van der Waals surface area contributed by atoms with Gasteiger partial charge in [0.25, 0.3) is 0 Å². The third-order valence-electron chi connectivity index (χ3n) is 4.28. The van der Waals surface area contributed by atoms with E-state index in [9.17, 15) is 4.79 Å². The molecular weight excluding hydrogens is 375 g/mol. The number of rotatable bonds is 5. The maximum atomic E-state index is 12.9. The molecule has 6 heteroatoms. The number of carbonyl (C=O) groups excluding carboxylic acids is 1. The van der Waals surface area contributed by atoms with Crippen molar-refractivity contribution in [3.8, 4) is 0 Å². The van der Waals surface area contributed by atoms with Crippen LogP contribution in [0.25, 0.3) is 0 Å². The average molecular weight is 395 g/mol. The van der Waals surface area contributed by atoms with Gasteiger partial charge in [0.1, 0.15) is 11.1 Å². The Balaban J connectivity index is 1.81. The Labute approximate surface area is 162 Å². The van der Waals surface area contributed by atoms with Gasteiger partial charge in [-0.2, -0.15) is 0 Å². The van der Waals surface area contributed by atoms with Crippen LogP contribution in [0, 0.1) is 0 Å². The number of hydrogen-bond donors (Lipinski definition) is 1. The van der Waals surface area contributed by atoms with E-state index in [-0.39, 0.29) is 11.2 Å². The molecule has 1 fully saturated rings. The minimum Gasteiger partial charge on any atom is -0.309 e. The Hall–Kier alpha value is -1.23. The lowest BCUT2D eigenvalue weighted by molar-refractivity contribution is -0.115. The Kier molecular flexibility index (Phi) is 6.63. The molecule has 0 radical (unpaired) electrons. The van der Waals surface area contributed by atoms with E-state index >= 15 is 0 Å². The van der Waals surface area contributed by atoms with Crippen LogP contribution >= 0.6 is 35.0 Å². The van der Waals surface area contributed by atoms with Crippen molar-refractivity contribution in [2.75, 3.05) is 5.32 Å². The topological polar surface area (TPSA) is 42.0 Å². The Morgan fingerprint density at radius 3 is 2.60 bits per heavy atom. The fourth-order valence-corrected chi connectivity index (χ4v) is 4.77. The van der Waals surface area contributed by atoms with E-state index < -0.39 is 0 Å². The maximum absolute atomic E-state index is 12.9. The molecule has 1 aliphatic rings. The summed E-state index contributed by atoms with van der Waals surface area (Å²) in [7, 11) is 0. The highest BCUT2D eigenvalue weighted by Crippen LogP contribution is 2.40. The van der Waals surface area contributed by atoms with E-state index in [0.717, 1.165) is 18.4 Å². The van der Waals surface area contributed by atoms with Crippen LogP contribution in [0.2, 0.25) is 10.0 Å². The summed E-state index contributed by atoms with van der Waals surface area (Å²) in [5.41, 5.74) is 0.874. The molecule has 25 heavy (non-hydrogen) atoms. The van der Waals surface area contributed by atoms with E-state index in [2.05, 4.69) is 10.3 Å². The zero-order valence-electron chi connectivity index (χ0n) is 13.8. The van der Waals surface area contributed by atoms with Crippen LogP contribution in [0.3, 0.4) is 0 Å². The van der Waals surface area contributed by atoms with Crippen LogP contribution in [0.1, 0.15) is 42.9 Å². The van der Waals surface area contributed by atoms with Gasteiger partial charge < -0.3 is 5.32 Å². The van der Waals surface area contributed by atoms with Crippen molar-refractivity contribution in [1.82, 2.24) is 4.98 Å². The average Bonchev–Trinajstić information content (AvgIpc) is 2.64.